The van der Waals surface area contributed by atoms with Gasteiger partial charge in [-0.2, -0.15) is 4.73 Å². The predicted molar refractivity (Wildman–Crippen MR) is 87.0 cm³/mol. The van der Waals surface area contributed by atoms with E-state index in [0.29, 0.717) is 6.61 Å². The Morgan fingerprint density at radius 2 is 2.09 bits per heavy atom. The van der Waals surface area contributed by atoms with Crippen molar-refractivity contribution < 1.29 is 9.47 Å². The molecule has 116 valence electrons. The number of ether oxygens (including phenoxy) is 1. The van der Waals surface area contributed by atoms with Crippen LogP contribution in [-0.2, 0) is 6.42 Å². The van der Waals surface area contributed by atoms with E-state index in [9.17, 15) is 5.21 Å². The Hall–Kier alpha value is -2.03. The van der Waals surface area contributed by atoms with E-state index in [1.54, 1.807) is 12.3 Å². The summed E-state index contributed by atoms with van der Waals surface area (Å²) in [6.45, 7) is 7.22. The second-order valence-electron chi connectivity index (χ2n) is 6.89. The van der Waals surface area contributed by atoms with Crippen LogP contribution in [0.4, 0.5) is 0 Å². The molecule has 0 N–H and O–H groups in total. The van der Waals surface area contributed by atoms with Crippen LogP contribution in [0.2, 0.25) is 0 Å². The molecule has 1 aliphatic rings. The van der Waals surface area contributed by atoms with Gasteiger partial charge in [0.1, 0.15) is 5.75 Å². The van der Waals surface area contributed by atoms with Crippen LogP contribution in [0, 0.1) is 10.6 Å². The largest absolute Gasteiger partial charge is 0.618 e. The van der Waals surface area contributed by atoms with Gasteiger partial charge in [-0.1, -0.05) is 32.9 Å². The van der Waals surface area contributed by atoms with E-state index in [1.807, 2.05) is 12.1 Å². The Balaban J connectivity index is 2.15. The minimum absolute atomic E-state index is 0.0267. The molecule has 0 spiro atoms. The lowest BCUT2D eigenvalue weighted by Gasteiger charge is -2.24. The smallest absolute Gasteiger partial charge is 0.200 e. The fourth-order valence-corrected chi connectivity index (χ4v) is 3.19. The molecule has 3 nitrogen and oxygen atoms in total. The van der Waals surface area contributed by atoms with Crippen LogP contribution in [-0.4, -0.2) is 6.61 Å². The molecule has 3 heteroatoms. The number of hydrogen-bond acceptors (Lipinski definition) is 2. The Bertz CT molecular complexity index is 679. The number of nitrogens with zero attached hydrogens (tertiary/aromatic N) is 1. The maximum absolute atomic E-state index is 12.3. The lowest BCUT2D eigenvalue weighted by molar-refractivity contribution is -0.615. The Morgan fingerprint density at radius 1 is 1.27 bits per heavy atom. The molecule has 2 aromatic rings. The number of pyridine rings is 1. The number of aromatic nitrogens is 1. The van der Waals surface area contributed by atoms with Crippen molar-refractivity contribution >= 4 is 0 Å². The van der Waals surface area contributed by atoms with Gasteiger partial charge in [0.2, 0.25) is 0 Å². The van der Waals surface area contributed by atoms with E-state index in [-0.39, 0.29) is 11.3 Å². The summed E-state index contributed by atoms with van der Waals surface area (Å²) in [4.78, 5) is 0. The Kier molecular flexibility index (Phi) is 3.81. The summed E-state index contributed by atoms with van der Waals surface area (Å²) in [7, 11) is 0. The van der Waals surface area contributed by atoms with Crippen molar-refractivity contribution in [1.29, 1.82) is 0 Å². The van der Waals surface area contributed by atoms with Crippen LogP contribution < -0.4 is 9.47 Å². The molecule has 0 amide bonds. The highest BCUT2D eigenvalue weighted by Crippen LogP contribution is 2.43. The minimum Gasteiger partial charge on any atom is -0.618 e. The molecule has 0 aliphatic carbocycles. The summed E-state index contributed by atoms with van der Waals surface area (Å²) >= 11 is 0. The molecule has 0 saturated heterocycles. The summed E-state index contributed by atoms with van der Waals surface area (Å²) in [6.07, 6.45) is 3.46. The minimum atomic E-state index is 0.0267. The van der Waals surface area contributed by atoms with E-state index >= 15 is 0 Å². The van der Waals surface area contributed by atoms with Crippen molar-refractivity contribution in [3.8, 4) is 5.75 Å². The molecule has 3 rings (SSSR count). The molecule has 1 aromatic heterocycles. The number of benzene rings is 1. The third-order valence-corrected chi connectivity index (χ3v) is 4.44. The van der Waals surface area contributed by atoms with Crippen molar-refractivity contribution in [2.24, 2.45) is 5.41 Å². The van der Waals surface area contributed by atoms with E-state index in [4.69, 9.17) is 4.74 Å². The van der Waals surface area contributed by atoms with Gasteiger partial charge in [-0.25, -0.2) is 0 Å². The zero-order valence-electron chi connectivity index (χ0n) is 13.5. The lowest BCUT2D eigenvalue weighted by atomic mass is 9.79. The number of fused-ring (bicyclic) bond motifs is 1. The first-order valence-corrected chi connectivity index (χ1v) is 7.94. The van der Waals surface area contributed by atoms with Gasteiger partial charge in [-0.3, -0.25) is 0 Å². The summed E-state index contributed by atoms with van der Waals surface area (Å²) < 4.78 is 7.04. The van der Waals surface area contributed by atoms with Gasteiger partial charge in [0, 0.05) is 17.7 Å². The molecule has 0 fully saturated rings. The maximum atomic E-state index is 12.3. The van der Waals surface area contributed by atoms with E-state index in [0.717, 1.165) is 34.6 Å². The highest BCUT2D eigenvalue weighted by molar-refractivity contribution is 5.43. The zero-order chi connectivity index (χ0) is 15.7. The van der Waals surface area contributed by atoms with Crippen LogP contribution in [0.15, 0.2) is 42.6 Å². The summed E-state index contributed by atoms with van der Waals surface area (Å²) in [6, 6.07) is 12.0. The highest BCUT2D eigenvalue weighted by atomic mass is 16.5. The molecule has 1 aliphatic heterocycles. The van der Waals surface area contributed by atoms with Gasteiger partial charge in [0.15, 0.2) is 11.9 Å². The molecular weight excluding hydrogens is 274 g/mol. The maximum Gasteiger partial charge on any atom is 0.200 e. The fraction of sp³-hybridized carbons (Fsp3) is 0.421. The van der Waals surface area contributed by atoms with Gasteiger partial charge < -0.3 is 9.94 Å². The molecule has 22 heavy (non-hydrogen) atoms. The first kappa shape index (κ1) is 14.9. The first-order chi connectivity index (χ1) is 10.5. The Morgan fingerprint density at radius 3 is 2.82 bits per heavy atom. The van der Waals surface area contributed by atoms with Crippen molar-refractivity contribution in [2.45, 2.75) is 39.5 Å². The molecule has 0 radical (unpaired) electrons. The number of hydrogen-bond donors (Lipinski definition) is 0. The second-order valence-corrected chi connectivity index (χ2v) is 6.89. The molecule has 1 aromatic carbocycles. The monoisotopic (exact) mass is 297 g/mol. The standard InChI is InChI=1S/C19H23NO2/c1-4-14-8-9-18-15(11-14)16(12-19(2,3)13-22-18)17-7-5-6-10-20(17)21/h5-11,16H,4,12-13H2,1-3H3. The van der Waals surface area contributed by atoms with Crippen LogP contribution in [0.1, 0.15) is 49.9 Å². The van der Waals surface area contributed by atoms with Gasteiger partial charge in [0.05, 0.1) is 12.5 Å². The molecular formula is C19H23NO2. The SMILES string of the molecule is CCc1ccc2c(c1)C(c1cccc[n+]1[O-])CC(C)(C)CO2. The average molecular weight is 297 g/mol. The van der Waals surface area contributed by atoms with Crippen LogP contribution in [0.3, 0.4) is 0 Å². The summed E-state index contributed by atoms with van der Waals surface area (Å²) in [5, 5.41) is 12.3. The molecule has 2 heterocycles. The molecule has 0 bridgehead atoms. The fourth-order valence-electron chi connectivity index (χ4n) is 3.19. The second kappa shape index (κ2) is 5.64. The Labute approximate surface area is 132 Å². The van der Waals surface area contributed by atoms with Crippen molar-refractivity contribution in [3.63, 3.8) is 0 Å². The average Bonchev–Trinajstić information content (AvgIpc) is 2.64. The molecule has 1 atom stereocenters. The zero-order valence-corrected chi connectivity index (χ0v) is 13.5. The molecule has 0 saturated carbocycles. The van der Waals surface area contributed by atoms with Gasteiger partial charge in [-0.15, -0.1) is 0 Å². The van der Waals surface area contributed by atoms with Crippen molar-refractivity contribution in [2.75, 3.05) is 6.61 Å². The van der Waals surface area contributed by atoms with Gasteiger partial charge in [-0.05, 0) is 36.0 Å². The highest BCUT2D eigenvalue weighted by Gasteiger charge is 2.35. The van der Waals surface area contributed by atoms with Crippen molar-refractivity contribution in [1.82, 2.24) is 0 Å². The van der Waals surface area contributed by atoms with E-state index < -0.39 is 0 Å². The van der Waals surface area contributed by atoms with Crippen LogP contribution in [0.5, 0.6) is 5.75 Å². The number of rotatable bonds is 2. The summed E-state index contributed by atoms with van der Waals surface area (Å²) in [5.41, 5.74) is 3.25. The third-order valence-electron chi connectivity index (χ3n) is 4.44. The quantitative estimate of drug-likeness (QED) is 0.624. The lowest BCUT2D eigenvalue weighted by Crippen LogP contribution is -2.34. The van der Waals surface area contributed by atoms with Gasteiger partial charge in [0.25, 0.3) is 0 Å². The first-order valence-electron chi connectivity index (χ1n) is 7.94. The number of aryl methyl sites for hydroxylation is 1. The predicted octanol–water partition coefficient (Wildman–Crippen LogP) is 3.82. The normalized spacial score (nSPS) is 19.9. The third kappa shape index (κ3) is 2.80. The van der Waals surface area contributed by atoms with E-state index in [1.165, 1.54) is 5.56 Å². The van der Waals surface area contributed by atoms with Crippen LogP contribution in [0.25, 0.3) is 0 Å². The van der Waals surface area contributed by atoms with Gasteiger partial charge >= 0.3 is 0 Å². The summed E-state index contributed by atoms with van der Waals surface area (Å²) in [5.74, 6) is 0.981. The van der Waals surface area contributed by atoms with Crippen molar-refractivity contribution in [3.05, 3.63) is 64.6 Å². The van der Waals surface area contributed by atoms with E-state index in [2.05, 4.69) is 39.0 Å². The topological polar surface area (TPSA) is 36.2 Å². The molecule has 1 unspecified atom stereocenters. The van der Waals surface area contributed by atoms with Crippen LogP contribution >= 0.6 is 0 Å².